The van der Waals surface area contributed by atoms with Crippen molar-refractivity contribution in [3.05, 3.63) is 59.2 Å². The molecule has 2 aromatic carbocycles. The number of ether oxygens (including phenoxy) is 2. The lowest BCUT2D eigenvalue weighted by molar-refractivity contribution is -0.913. The number of anilines is 1. The van der Waals surface area contributed by atoms with Crippen molar-refractivity contribution >= 4 is 17.6 Å². The van der Waals surface area contributed by atoms with Gasteiger partial charge in [-0.2, -0.15) is 0 Å². The van der Waals surface area contributed by atoms with Crippen molar-refractivity contribution in [3.63, 3.8) is 0 Å². The molecule has 1 N–H and O–H groups in total. The van der Waals surface area contributed by atoms with Gasteiger partial charge >= 0.3 is 5.97 Å². The lowest BCUT2D eigenvalue weighted by Crippen LogP contribution is -2.55. The first kappa shape index (κ1) is 23.8. The number of amides is 1. The number of carbonyl (C=O) groups excluding carboxylic acids is 2. The molecule has 32 heavy (non-hydrogen) atoms. The molecule has 0 radical (unpaired) electrons. The van der Waals surface area contributed by atoms with Crippen LogP contribution in [0.1, 0.15) is 42.4 Å². The minimum atomic E-state index is -0.250. The number of hydrogen-bond donors (Lipinski definition) is 1. The van der Waals surface area contributed by atoms with Crippen LogP contribution in [0.5, 0.6) is 5.75 Å². The Morgan fingerprint density at radius 3 is 2.16 bits per heavy atom. The maximum atomic E-state index is 13.1. The van der Waals surface area contributed by atoms with E-state index >= 15 is 0 Å². The molecule has 0 unspecified atom stereocenters. The molecule has 1 saturated heterocycles. The van der Waals surface area contributed by atoms with Crippen molar-refractivity contribution in [3.8, 4) is 5.75 Å². The molecule has 0 aromatic heterocycles. The van der Waals surface area contributed by atoms with E-state index in [1.54, 1.807) is 7.11 Å². The van der Waals surface area contributed by atoms with Crippen molar-refractivity contribution in [1.29, 1.82) is 0 Å². The molecule has 6 nitrogen and oxygen atoms in total. The molecule has 0 saturated carbocycles. The predicted octanol–water partition coefficient (Wildman–Crippen LogP) is 4.38. The summed E-state index contributed by atoms with van der Waals surface area (Å²) in [5, 5.41) is 3.09. The summed E-state index contributed by atoms with van der Waals surface area (Å²) in [6.07, 6.45) is 4.30. The van der Waals surface area contributed by atoms with Crippen LogP contribution in [0.3, 0.4) is 0 Å². The molecule has 0 aliphatic carbocycles. The summed E-state index contributed by atoms with van der Waals surface area (Å²) in [4.78, 5) is 25.8. The first-order chi connectivity index (χ1) is 15.4. The van der Waals surface area contributed by atoms with Gasteiger partial charge in [-0.3, -0.25) is 4.79 Å². The summed E-state index contributed by atoms with van der Waals surface area (Å²) in [7, 11) is 1.64. The topological polar surface area (TPSA) is 64.6 Å². The third-order valence-corrected chi connectivity index (χ3v) is 6.21. The van der Waals surface area contributed by atoms with Gasteiger partial charge in [0.1, 0.15) is 12.4 Å². The molecular formula is C26H35N2O4+. The standard InChI is InChI=1S/C26H34N2O4/c1-20-15-23(31-3)16-21(2)26(20)27-24(29)17-28(13-9-4-5-10-14-28)18-25(30)32-19-22-11-7-6-8-12-22/h6-8,11-12,15-16H,4-5,9-10,13-14,17-19H2,1-3H3/p+1. The fourth-order valence-corrected chi connectivity index (χ4v) is 4.51. The van der Waals surface area contributed by atoms with Crippen LogP contribution < -0.4 is 10.1 Å². The third kappa shape index (κ3) is 6.57. The highest BCUT2D eigenvalue weighted by Crippen LogP contribution is 2.27. The third-order valence-electron chi connectivity index (χ3n) is 6.21. The van der Waals surface area contributed by atoms with Crippen LogP contribution in [-0.2, 0) is 20.9 Å². The van der Waals surface area contributed by atoms with Crippen LogP contribution in [0.4, 0.5) is 5.69 Å². The highest BCUT2D eigenvalue weighted by molar-refractivity contribution is 5.93. The molecule has 1 fully saturated rings. The fraction of sp³-hybridized carbons (Fsp3) is 0.462. The van der Waals surface area contributed by atoms with E-state index in [0.717, 1.165) is 66.9 Å². The number of nitrogens with one attached hydrogen (secondary N) is 1. The van der Waals surface area contributed by atoms with Gasteiger partial charge < -0.3 is 19.3 Å². The van der Waals surface area contributed by atoms with Gasteiger partial charge in [0.15, 0.2) is 13.1 Å². The first-order valence-electron chi connectivity index (χ1n) is 11.4. The molecule has 1 heterocycles. The summed E-state index contributed by atoms with van der Waals surface area (Å²) in [5.74, 6) is 0.453. The zero-order chi connectivity index (χ0) is 23.0. The number of likely N-dealkylation sites (tertiary alicyclic amines) is 1. The molecular weight excluding hydrogens is 404 g/mol. The number of esters is 1. The second-order valence-electron chi connectivity index (χ2n) is 8.85. The highest BCUT2D eigenvalue weighted by atomic mass is 16.5. The van der Waals surface area contributed by atoms with Crippen molar-refractivity contribution in [2.45, 2.75) is 46.1 Å². The molecule has 2 aromatic rings. The van der Waals surface area contributed by atoms with Crippen LogP contribution in [0.2, 0.25) is 0 Å². The van der Waals surface area contributed by atoms with Crippen LogP contribution in [0.25, 0.3) is 0 Å². The van der Waals surface area contributed by atoms with Gasteiger partial charge in [0.2, 0.25) is 0 Å². The smallest absolute Gasteiger partial charge is 0.362 e. The van der Waals surface area contributed by atoms with Crippen LogP contribution >= 0.6 is 0 Å². The van der Waals surface area contributed by atoms with Crippen molar-refractivity contribution in [2.24, 2.45) is 0 Å². The molecule has 1 aliphatic heterocycles. The van der Waals surface area contributed by atoms with E-state index in [2.05, 4.69) is 5.32 Å². The summed E-state index contributed by atoms with van der Waals surface area (Å²) in [6.45, 7) is 6.30. The molecule has 1 amide bonds. The van der Waals surface area contributed by atoms with E-state index < -0.39 is 0 Å². The Hall–Kier alpha value is -2.86. The Balaban J connectivity index is 1.68. The molecule has 3 rings (SSSR count). The number of carbonyl (C=O) groups is 2. The Morgan fingerprint density at radius 2 is 1.56 bits per heavy atom. The summed E-state index contributed by atoms with van der Waals surface area (Å²) in [5.41, 5.74) is 3.70. The van der Waals surface area contributed by atoms with Crippen LogP contribution in [0.15, 0.2) is 42.5 Å². The van der Waals surface area contributed by atoms with Gasteiger partial charge in [-0.05, 0) is 68.4 Å². The monoisotopic (exact) mass is 439 g/mol. The Labute approximate surface area is 191 Å². The number of hydrogen-bond acceptors (Lipinski definition) is 4. The quantitative estimate of drug-likeness (QED) is 0.490. The SMILES string of the molecule is COc1cc(C)c(NC(=O)C[N+]2(CC(=O)OCc3ccccc3)CCCCCC2)c(C)c1. The van der Waals surface area contributed by atoms with E-state index in [9.17, 15) is 9.59 Å². The maximum Gasteiger partial charge on any atom is 0.362 e. The fourth-order valence-electron chi connectivity index (χ4n) is 4.51. The zero-order valence-corrected chi connectivity index (χ0v) is 19.5. The number of aryl methyl sites for hydroxylation is 2. The van der Waals surface area contributed by atoms with Crippen LogP contribution in [-0.4, -0.2) is 49.6 Å². The second-order valence-corrected chi connectivity index (χ2v) is 8.85. The van der Waals surface area contributed by atoms with Gasteiger partial charge in [0, 0.05) is 5.69 Å². The number of nitrogens with zero attached hydrogens (tertiary/aromatic N) is 1. The van der Waals surface area contributed by atoms with Crippen molar-refractivity contribution in [2.75, 3.05) is 38.6 Å². The Kier molecular flexibility index (Phi) is 8.28. The molecule has 1 aliphatic rings. The van der Waals surface area contributed by atoms with E-state index in [-0.39, 0.29) is 31.6 Å². The molecule has 0 bridgehead atoms. The number of methoxy groups -OCH3 is 1. The van der Waals surface area contributed by atoms with E-state index in [0.29, 0.717) is 4.48 Å². The number of rotatable bonds is 8. The average molecular weight is 440 g/mol. The number of benzene rings is 2. The molecule has 172 valence electrons. The first-order valence-corrected chi connectivity index (χ1v) is 11.4. The van der Waals surface area contributed by atoms with Crippen molar-refractivity contribution < 1.29 is 23.5 Å². The molecule has 0 spiro atoms. The zero-order valence-electron chi connectivity index (χ0n) is 19.5. The highest BCUT2D eigenvalue weighted by Gasteiger charge is 2.35. The van der Waals surface area contributed by atoms with E-state index in [1.807, 2.05) is 56.3 Å². The largest absolute Gasteiger partial charge is 0.497 e. The lowest BCUT2D eigenvalue weighted by Gasteiger charge is -2.36. The lowest BCUT2D eigenvalue weighted by atomic mass is 10.1. The Morgan fingerprint density at radius 1 is 0.938 bits per heavy atom. The van der Waals surface area contributed by atoms with Gasteiger partial charge in [-0.15, -0.1) is 0 Å². The minimum Gasteiger partial charge on any atom is -0.497 e. The maximum absolute atomic E-state index is 13.1. The minimum absolute atomic E-state index is 0.0703. The average Bonchev–Trinajstić information content (AvgIpc) is 3.00. The molecule has 0 atom stereocenters. The van der Waals surface area contributed by atoms with E-state index in [4.69, 9.17) is 9.47 Å². The summed E-state index contributed by atoms with van der Waals surface area (Å²) >= 11 is 0. The Bertz CT molecular complexity index is 896. The van der Waals surface area contributed by atoms with Gasteiger partial charge in [0.05, 0.1) is 20.2 Å². The van der Waals surface area contributed by atoms with Crippen molar-refractivity contribution in [1.82, 2.24) is 0 Å². The normalized spacial score (nSPS) is 15.5. The van der Waals surface area contributed by atoms with E-state index in [1.165, 1.54) is 0 Å². The van der Waals surface area contributed by atoms with Gasteiger partial charge in [0.25, 0.3) is 5.91 Å². The second kappa shape index (κ2) is 11.1. The molecule has 6 heteroatoms. The van der Waals surface area contributed by atoms with Crippen LogP contribution in [0, 0.1) is 13.8 Å². The van der Waals surface area contributed by atoms with Gasteiger partial charge in [-0.25, -0.2) is 4.79 Å². The number of quaternary nitrogens is 1. The van der Waals surface area contributed by atoms with Gasteiger partial charge in [-0.1, -0.05) is 30.3 Å². The predicted molar refractivity (Wildman–Crippen MR) is 126 cm³/mol. The summed E-state index contributed by atoms with van der Waals surface area (Å²) in [6, 6.07) is 13.5. The summed E-state index contributed by atoms with van der Waals surface area (Å²) < 4.78 is 11.3.